The van der Waals surface area contributed by atoms with Crippen LogP contribution >= 0.6 is 11.8 Å². The van der Waals surface area contributed by atoms with E-state index in [1.165, 1.54) is 5.56 Å². The Morgan fingerprint density at radius 1 is 1.13 bits per heavy atom. The summed E-state index contributed by atoms with van der Waals surface area (Å²) in [5.41, 5.74) is 3.10. The molecular formula is C22H23N5O2S. The van der Waals surface area contributed by atoms with Crippen molar-refractivity contribution in [2.75, 3.05) is 6.54 Å². The van der Waals surface area contributed by atoms with Gasteiger partial charge < -0.3 is 15.2 Å². The molecule has 2 aliphatic rings. The van der Waals surface area contributed by atoms with Gasteiger partial charge in [-0.05, 0) is 18.1 Å². The average Bonchev–Trinajstić information content (AvgIpc) is 3.41. The zero-order valence-corrected chi connectivity index (χ0v) is 17.4. The summed E-state index contributed by atoms with van der Waals surface area (Å²) in [5, 5.41) is 14.1. The molecule has 0 saturated carbocycles. The Hall–Kier alpha value is -2.68. The van der Waals surface area contributed by atoms with Crippen molar-refractivity contribution in [3.63, 3.8) is 0 Å². The molecule has 2 aliphatic heterocycles. The Bertz CT molecular complexity index is 1040. The Morgan fingerprint density at radius 3 is 2.77 bits per heavy atom. The molecule has 1 aromatic heterocycles. The van der Waals surface area contributed by atoms with Crippen LogP contribution in [-0.4, -0.2) is 40.2 Å². The molecule has 3 N–H and O–H groups in total. The Kier molecular flexibility index (Phi) is 5.28. The number of thioether (sulfide) groups is 1. The molecule has 4 unspecified atom stereocenters. The van der Waals surface area contributed by atoms with E-state index in [-0.39, 0.29) is 29.4 Å². The van der Waals surface area contributed by atoms with E-state index in [4.69, 9.17) is 4.52 Å². The third kappa shape index (κ3) is 3.74. The highest BCUT2D eigenvalue weighted by molar-refractivity contribution is 7.99. The van der Waals surface area contributed by atoms with E-state index in [2.05, 4.69) is 38.2 Å². The topological polar surface area (TPSA) is 92.1 Å². The van der Waals surface area contributed by atoms with Gasteiger partial charge >= 0.3 is 0 Å². The summed E-state index contributed by atoms with van der Waals surface area (Å²) < 4.78 is 5.43. The highest BCUT2D eigenvalue weighted by Crippen LogP contribution is 2.30. The van der Waals surface area contributed by atoms with Gasteiger partial charge in [0.1, 0.15) is 11.5 Å². The molecular weight excluding hydrogens is 398 g/mol. The molecule has 3 heterocycles. The SMILES string of the molecule is Cc1ccccc1-c1noc(CSC2NC(=O)C3NCC(c4ccccc4)C3N2)n1. The van der Waals surface area contributed by atoms with Gasteiger partial charge in [-0.1, -0.05) is 59.8 Å². The van der Waals surface area contributed by atoms with Gasteiger partial charge in [-0.3, -0.25) is 10.1 Å². The van der Waals surface area contributed by atoms with Crippen molar-refractivity contribution in [2.24, 2.45) is 0 Å². The van der Waals surface area contributed by atoms with Crippen molar-refractivity contribution in [1.29, 1.82) is 0 Å². The Labute approximate surface area is 179 Å². The molecule has 8 heteroatoms. The van der Waals surface area contributed by atoms with Crippen molar-refractivity contribution in [1.82, 2.24) is 26.1 Å². The maximum absolute atomic E-state index is 12.6. The summed E-state index contributed by atoms with van der Waals surface area (Å²) in [6, 6.07) is 18.1. The van der Waals surface area contributed by atoms with E-state index in [1.807, 2.05) is 49.4 Å². The number of rotatable bonds is 5. The molecule has 2 saturated heterocycles. The zero-order valence-electron chi connectivity index (χ0n) is 16.5. The summed E-state index contributed by atoms with van der Waals surface area (Å²) >= 11 is 1.55. The molecule has 5 rings (SSSR count). The number of aryl methyl sites for hydroxylation is 1. The smallest absolute Gasteiger partial charge is 0.240 e. The number of hydrogen-bond donors (Lipinski definition) is 3. The summed E-state index contributed by atoms with van der Waals surface area (Å²) in [7, 11) is 0. The molecule has 0 aliphatic carbocycles. The van der Waals surface area contributed by atoms with Crippen LogP contribution in [0.15, 0.2) is 59.1 Å². The van der Waals surface area contributed by atoms with Gasteiger partial charge in [0.15, 0.2) is 0 Å². The molecule has 154 valence electrons. The second kappa shape index (κ2) is 8.22. The van der Waals surface area contributed by atoms with Crippen molar-refractivity contribution in [3.8, 4) is 11.4 Å². The minimum atomic E-state index is -0.219. The second-order valence-corrected chi connectivity index (χ2v) is 8.72. The maximum Gasteiger partial charge on any atom is 0.240 e. The number of amides is 1. The highest BCUT2D eigenvalue weighted by atomic mass is 32.2. The maximum atomic E-state index is 12.6. The van der Waals surface area contributed by atoms with Crippen LogP contribution in [0.1, 0.15) is 22.9 Å². The number of hydrogen-bond acceptors (Lipinski definition) is 7. The van der Waals surface area contributed by atoms with Gasteiger partial charge in [0.2, 0.25) is 17.6 Å². The van der Waals surface area contributed by atoms with E-state index < -0.39 is 0 Å². The lowest BCUT2D eigenvalue weighted by Gasteiger charge is -2.35. The monoisotopic (exact) mass is 421 g/mol. The Balaban J connectivity index is 1.25. The molecule has 0 spiro atoms. The van der Waals surface area contributed by atoms with E-state index in [9.17, 15) is 4.79 Å². The molecule has 0 radical (unpaired) electrons. The predicted molar refractivity (Wildman–Crippen MR) is 116 cm³/mol. The zero-order chi connectivity index (χ0) is 20.5. The van der Waals surface area contributed by atoms with Gasteiger partial charge in [-0.2, -0.15) is 4.98 Å². The summed E-state index contributed by atoms with van der Waals surface area (Å²) in [6.07, 6.45) is 0. The van der Waals surface area contributed by atoms with Gasteiger partial charge in [0, 0.05) is 24.1 Å². The predicted octanol–water partition coefficient (Wildman–Crippen LogP) is 2.41. The number of carbonyl (C=O) groups is 1. The van der Waals surface area contributed by atoms with E-state index in [1.54, 1.807) is 11.8 Å². The number of nitrogens with one attached hydrogen (secondary N) is 3. The normalized spacial score (nSPS) is 25.7. The van der Waals surface area contributed by atoms with E-state index >= 15 is 0 Å². The molecule has 1 amide bonds. The average molecular weight is 422 g/mol. The minimum Gasteiger partial charge on any atom is -0.338 e. The molecule has 0 bridgehead atoms. The van der Waals surface area contributed by atoms with Crippen molar-refractivity contribution < 1.29 is 9.32 Å². The standard InChI is InChI=1S/C22H23N5O2S/c1-13-7-5-6-10-15(13)20-24-17(29-27-20)12-30-22-25-18-16(14-8-3-2-4-9-14)11-23-19(18)21(28)26-22/h2-10,16,18-19,22-23,25H,11-12H2,1H3,(H,26,28). The lowest BCUT2D eigenvalue weighted by molar-refractivity contribution is -0.125. The lowest BCUT2D eigenvalue weighted by atomic mass is 9.90. The molecule has 2 fully saturated rings. The first kappa shape index (κ1) is 19.3. The number of carbonyl (C=O) groups excluding carboxylic acids is 1. The number of fused-ring (bicyclic) bond motifs is 1. The van der Waals surface area contributed by atoms with Crippen LogP contribution in [0.3, 0.4) is 0 Å². The third-order valence-corrected chi connectivity index (χ3v) is 6.71. The summed E-state index contributed by atoms with van der Waals surface area (Å²) in [5.74, 6) is 1.92. The van der Waals surface area contributed by atoms with Gasteiger partial charge in [-0.15, -0.1) is 11.8 Å². The first-order chi connectivity index (χ1) is 14.7. The summed E-state index contributed by atoms with van der Waals surface area (Å²) in [6.45, 7) is 2.80. The Morgan fingerprint density at radius 2 is 1.93 bits per heavy atom. The third-order valence-electron chi connectivity index (χ3n) is 5.71. The number of aromatic nitrogens is 2. The van der Waals surface area contributed by atoms with E-state index in [0.717, 1.165) is 17.7 Å². The van der Waals surface area contributed by atoms with Crippen LogP contribution in [0.2, 0.25) is 0 Å². The van der Waals surface area contributed by atoms with Crippen LogP contribution in [0, 0.1) is 6.92 Å². The fraction of sp³-hybridized carbons (Fsp3) is 0.318. The number of benzene rings is 2. The van der Waals surface area contributed by atoms with Crippen LogP contribution in [0.5, 0.6) is 0 Å². The minimum absolute atomic E-state index is 0.0285. The second-order valence-electron chi connectivity index (χ2n) is 7.62. The van der Waals surface area contributed by atoms with Gasteiger partial charge in [0.25, 0.3) is 0 Å². The molecule has 2 aromatic carbocycles. The van der Waals surface area contributed by atoms with Crippen molar-refractivity contribution in [2.45, 2.75) is 36.2 Å². The lowest BCUT2D eigenvalue weighted by Crippen LogP contribution is -2.64. The van der Waals surface area contributed by atoms with Crippen LogP contribution in [-0.2, 0) is 10.5 Å². The molecule has 3 aromatic rings. The molecule has 7 nitrogen and oxygen atoms in total. The van der Waals surface area contributed by atoms with Gasteiger partial charge in [-0.25, -0.2) is 0 Å². The van der Waals surface area contributed by atoms with Gasteiger partial charge in [0.05, 0.1) is 5.75 Å². The van der Waals surface area contributed by atoms with Crippen LogP contribution in [0.25, 0.3) is 11.4 Å². The fourth-order valence-electron chi connectivity index (χ4n) is 4.16. The highest BCUT2D eigenvalue weighted by Gasteiger charge is 2.45. The van der Waals surface area contributed by atoms with E-state index in [0.29, 0.717) is 17.5 Å². The van der Waals surface area contributed by atoms with Crippen LogP contribution in [0.4, 0.5) is 0 Å². The van der Waals surface area contributed by atoms with Crippen LogP contribution < -0.4 is 16.0 Å². The first-order valence-electron chi connectivity index (χ1n) is 10.0. The summed E-state index contributed by atoms with van der Waals surface area (Å²) in [4.78, 5) is 17.1. The first-order valence-corrected chi connectivity index (χ1v) is 11.1. The van der Waals surface area contributed by atoms with Crippen molar-refractivity contribution in [3.05, 3.63) is 71.6 Å². The quantitative estimate of drug-likeness (QED) is 0.583. The molecule has 4 atom stereocenters. The van der Waals surface area contributed by atoms with Crippen molar-refractivity contribution >= 4 is 17.7 Å². The fourth-order valence-corrected chi connectivity index (χ4v) is 5.04. The largest absolute Gasteiger partial charge is 0.338 e. The molecule has 30 heavy (non-hydrogen) atoms. The number of nitrogens with zero attached hydrogens (tertiary/aromatic N) is 2.